The van der Waals surface area contributed by atoms with Crippen LogP contribution in [0, 0.1) is 22.7 Å². The molecule has 0 fully saturated rings. The van der Waals surface area contributed by atoms with Crippen LogP contribution >= 0.6 is 11.8 Å². The maximum Gasteiger partial charge on any atom is 0.267 e. The van der Waals surface area contributed by atoms with E-state index in [1.165, 1.54) is 11.8 Å². The smallest absolute Gasteiger partial charge is 0.267 e. The number of nitriles is 2. The highest BCUT2D eigenvalue weighted by Gasteiger charge is 2.22. The third kappa shape index (κ3) is 3.95. The second-order valence-electron chi connectivity index (χ2n) is 6.52. The van der Waals surface area contributed by atoms with Crippen LogP contribution in [0.1, 0.15) is 17.0 Å². The topological polar surface area (TPSA) is 144 Å². The molecule has 156 valence electrons. The van der Waals surface area contributed by atoms with E-state index < -0.39 is 5.56 Å². The molecule has 0 saturated carbocycles. The molecule has 0 aliphatic heterocycles. The lowest BCUT2D eigenvalue weighted by molar-refractivity contribution is 0.415. The van der Waals surface area contributed by atoms with Gasteiger partial charge in [-0.2, -0.15) is 15.7 Å². The average molecular weight is 441 g/mol. The Morgan fingerprint density at radius 3 is 2.38 bits per heavy atom. The van der Waals surface area contributed by atoms with Gasteiger partial charge in [0.05, 0.1) is 23.5 Å². The minimum atomic E-state index is -0.568. The fourth-order valence-corrected chi connectivity index (χ4v) is 4.13. The van der Waals surface area contributed by atoms with Gasteiger partial charge >= 0.3 is 0 Å². The Kier molecular flexibility index (Phi) is 5.97. The Labute approximate surface area is 186 Å². The molecule has 0 saturated heterocycles. The molecule has 2 aromatic carbocycles. The first-order valence-corrected chi connectivity index (χ1v) is 10.3. The van der Waals surface area contributed by atoms with Gasteiger partial charge in [0, 0.05) is 5.56 Å². The number of pyridine rings is 1. The first kappa shape index (κ1) is 20.8. The van der Waals surface area contributed by atoms with E-state index in [1.807, 2.05) is 42.5 Å². The van der Waals surface area contributed by atoms with E-state index in [-0.39, 0.29) is 16.9 Å². The van der Waals surface area contributed by atoms with E-state index in [2.05, 4.69) is 31.7 Å². The molecule has 0 amide bonds. The highest BCUT2D eigenvalue weighted by atomic mass is 32.2. The van der Waals surface area contributed by atoms with Gasteiger partial charge in [0.2, 0.25) is 0 Å². The summed E-state index contributed by atoms with van der Waals surface area (Å²) < 4.78 is 5.23. The summed E-state index contributed by atoms with van der Waals surface area (Å²) >= 11 is 1.19. The second kappa shape index (κ2) is 9.16. The fraction of sp³-hybridized carbons (Fsp3) is 0.0909. The number of aromatic nitrogens is 5. The van der Waals surface area contributed by atoms with Gasteiger partial charge in [0.1, 0.15) is 23.5 Å². The first-order chi connectivity index (χ1) is 15.7. The van der Waals surface area contributed by atoms with Gasteiger partial charge in [-0.05, 0) is 28.8 Å². The van der Waals surface area contributed by atoms with Crippen molar-refractivity contribution in [3.63, 3.8) is 0 Å². The molecule has 2 N–H and O–H groups in total. The van der Waals surface area contributed by atoms with Gasteiger partial charge in [-0.1, -0.05) is 53.4 Å². The van der Waals surface area contributed by atoms with Crippen molar-refractivity contribution in [2.24, 2.45) is 0 Å². The molecule has 0 unspecified atom stereocenters. The molecule has 0 atom stereocenters. The average Bonchev–Trinajstić information content (AvgIpc) is 3.36. The number of hydrogen-bond acceptors (Lipinski definition) is 8. The molecule has 0 aliphatic carbocycles. The lowest BCUT2D eigenvalue weighted by Crippen LogP contribution is -2.15. The Morgan fingerprint density at radius 2 is 1.75 bits per heavy atom. The van der Waals surface area contributed by atoms with Crippen LogP contribution in [-0.4, -0.2) is 32.7 Å². The Balaban J connectivity index is 1.90. The molecule has 32 heavy (non-hydrogen) atoms. The SMILES string of the molecule is COc1ccc(-c2ccccc2-c2c(C#N)c(SCc3nn[nH]n3)[nH]c(=O)c2C#N)cc1. The first-order valence-electron chi connectivity index (χ1n) is 9.35. The number of nitrogens with one attached hydrogen (secondary N) is 2. The lowest BCUT2D eigenvalue weighted by atomic mass is 9.90. The van der Waals surface area contributed by atoms with Crippen LogP contribution in [0.25, 0.3) is 22.3 Å². The van der Waals surface area contributed by atoms with E-state index in [4.69, 9.17) is 4.74 Å². The summed E-state index contributed by atoms with van der Waals surface area (Å²) in [5.74, 6) is 1.41. The molecule has 2 aromatic heterocycles. The van der Waals surface area contributed by atoms with Gasteiger partial charge in [-0.25, -0.2) is 0 Å². The van der Waals surface area contributed by atoms with Crippen LogP contribution in [0.3, 0.4) is 0 Å². The molecule has 0 spiro atoms. The summed E-state index contributed by atoms with van der Waals surface area (Å²) in [6.45, 7) is 0. The molecule has 4 aromatic rings. The van der Waals surface area contributed by atoms with Crippen LogP contribution in [0.4, 0.5) is 0 Å². The van der Waals surface area contributed by atoms with E-state index in [0.29, 0.717) is 27.7 Å². The summed E-state index contributed by atoms with van der Waals surface area (Å²) in [4.78, 5) is 15.4. The lowest BCUT2D eigenvalue weighted by Gasteiger charge is -2.15. The van der Waals surface area contributed by atoms with E-state index in [0.717, 1.165) is 11.1 Å². The van der Waals surface area contributed by atoms with Crippen molar-refractivity contribution in [3.8, 4) is 40.1 Å². The number of thioether (sulfide) groups is 1. The fourth-order valence-electron chi connectivity index (χ4n) is 3.27. The summed E-state index contributed by atoms with van der Waals surface area (Å²) in [6, 6.07) is 18.9. The summed E-state index contributed by atoms with van der Waals surface area (Å²) in [5, 5.41) is 33.7. The normalized spacial score (nSPS) is 10.3. The molecular formula is C22H15N7O2S. The predicted molar refractivity (Wildman–Crippen MR) is 118 cm³/mol. The number of hydrogen-bond donors (Lipinski definition) is 2. The van der Waals surface area contributed by atoms with E-state index in [1.54, 1.807) is 19.2 Å². The number of ether oxygens (including phenoxy) is 1. The van der Waals surface area contributed by atoms with E-state index >= 15 is 0 Å². The second-order valence-corrected chi connectivity index (χ2v) is 7.51. The predicted octanol–water partition coefficient (Wildman–Crippen LogP) is 3.27. The zero-order chi connectivity index (χ0) is 22.5. The maximum absolute atomic E-state index is 12.8. The number of nitrogens with zero attached hydrogens (tertiary/aromatic N) is 5. The van der Waals surface area contributed by atoms with Crippen molar-refractivity contribution in [3.05, 3.63) is 75.8 Å². The molecule has 9 nitrogen and oxygen atoms in total. The van der Waals surface area contributed by atoms with Gasteiger partial charge < -0.3 is 9.72 Å². The third-order valence-corrected chi connectivity index (χ3v) is 5.73. The van der Waals surface area contributed by atoms with Crippen molar-refractivity contribution in [1.82, 2.24) is 25.6 Å². The van der Waals surface area contributed by atoms with Crippen LogP contribution in [0.15, 0.2) is 58.4 Å². The maximum atomic E-state index is 12.8. The molecule has 2 heterocycles. The van der Waals surface area contributed by atoms with E-state index in [9.17, 15) is 15.3 Å². The number of aromatic amines is 2. The highest BCUT2D eigenvalue weighted by molar-refractivity contribution is 7.98. The largest absolute Gasteiger partial charge is 0.497 e. The summed E-state index contributed by atoms with van der Waals surface area (Å²) in [7, 11) is 1.59. The van der Waals surface area contributed by atoms with Gasteiger partial charge in [0.15, 0.2) is 5.82 Å². The Morgan fingerprint density at radius 1 is 1.03 bits per heavy atom. The van der Waals surface area contributed by atoms with Gasteiger partial charge in [0.25, 0.3) is 5.56 Å². The molecule has 4 rings (SSSR count). The minimum absolute atomic E-state index is 0.119. The molecular weight excluding hydrogens is 426 g/mol. The molecule has 10 heteroatoms. The van der Waals surface area contributed by atoms with Crippen molar-refractivity contribution in [2.45, 2.75) is 10.8 Å². The Bertz CT molecular complexity index is 1400. The van der Waals surface area contributed by atoms with Crippen LogP contribution < -0.4 is 10.3 Å². The molecule has 0 radical (unpaired) electrons. The van der Waals surface area contributed by atoms with Crippen LogP contribution in [-0.2, 0) is 5.75 Å². The zero-order valence-electron chi connectivity index (χ0n) is 16.8. The van der Waals surface area contributed by atoms with Gasteiger partial charge in [-0.3, -0.25) is 4.79 Å². The monoisotopic (exact) mass is 441 g/mol. The quantitative estimate of drug-likeness (QED) is 0.434. The summed E-state index contributed by atoms with van der Waals surface area (Å²) in [5.41, 5.74) is 2.06. The molecule has 0 bridgehead atoms. The zero-order valence-corrected chi connectivity index (χ0v) is 17.6. The standard InChI is InChI=1S/C22H15N7O2S/c1-31-14-8-6-13(7-9-14)15-4-2-3-5-16(15)20-17(10-23)21(30)25-22(18(20)11-24)32-12-19-26-28-29-27-19/h2-9H,12H2,1H3,(H,25,30)(H,26,27,28,29). The molecule has 0 aliphatic rings. The third-order valence-electron chi connectivity index (χ3n) is 4.74. The van der Waals surface area contributed by atoms with Crippen molar-refractivity contribution in [2.75, 3.05) is 7.11 Å². The van der Waals surface area contributed by atoms with Crippen LogP contribution in [0.2, 0.25) is 0 Å². The summed E-state index contributed by atoms with van der Waals surface area (Å²) in [6.07, 6.45) is 0. The number of methoxy groups -OCH3 is 1. The minimum Gasteiger partial charge on any atom is -0.497 e. The number of tetrazole rings is 1. The number of benzene rings is 2. The van der Waals surface area contributed by atoms with Crippen molar-refractivity contribution < 1.29 is 4.74 Å². The highest BCUT2D eigenvalue weighted by Crippen LogP contribution is 2.38. The van der Waals surface area contributed by atoms with Crippen LogP contribution in [0.5, 0.6) is 5.75 Å². The van der Waals surface area contributed by atoms with Crippen molar-refractivity contribution in [1.29, 1.82) is 10.5 Å². The number of H-pyrrole nitrogens is 2. The number of rotatable bonds is 6. The Hall–Kier alpha value is -4.41. The van der Waals surface area contributed by atoms with Crippen molar-refractivity contribution >= 4 is 11.8 Å². The van der Waals surface area contributed by atoms with Gasteiger partial charge in [-0.15, -0.1) is 10.2 Å².